The summed E-state index contributed by atoms with van der Waals surface area (Å²) in [6, 6.07) is 18.9. The Bertz CT molecular complexity index is 1450. The fourth-order valence-corrected chi connectivity index (χ4v) is 4.19. The molecule has 0 radical (unpaired) electrons. The molecule has 1 atom stereocenters. The minimum absolute atomic E-state index is 0.0373. The average molecular weight is 490 g/mol. The van der Waals surface area contributed by atoms with Gasteiger partial charge in [-0.15, -0.1) is 0 Å². The van der Waals surface area contributed by atoms with Gasteiger partial charge < -0.3 is 10.4 Å². The van der Waals surface area contributed by atoms with Gasteiger partial charge in [0.2, 0.25) is 0 Å². The molecular weight excluding hydrogens is 470 g/mol. The van der Waals surface area contributed by atoms with Gasteiger partial charge in [-0.2, -0.15) is 0 Å². The summed E-state index contributed by atoms with van der Waals surface area (Å²) in [5.41, 5.74) is 3.00. The number of amides is 1. The Hall–Kier alpha value is -4.30. The predicted octanol–water partition coefficient (Wildman–Crippen LogP) is 5.20. The summed E-state index contributed by atoms with van der Waals surface area (Å²) in [6.45, 7) is 1.73. The second-order valence-corrected chi connectivity index (χ2v) is 8.41. The number of aliphatic carboxylic acids is 1. The zero-order valence-electron chi connectivity index (χ0n) is 18.6. The van der Waals surface area contributed by atoms with E-state index in [0.29, 0.717) is 27.9 Å². The lowest BCUT2D eigenvalue weighted by atomic mass is 10.0. The number of nitro benzene ring substituents is 1. The molecule has 0 saturated heterocycles. The molecule has 0 aliphatic rings. The molecule has 0 aliphatic heterocycles. The number of carboxylic acids is 1. The van der Waals surface area contributed by atoms with Gasteiger partial charge in [0.25, 0.3) is 11.6 Å². The van der Waals surface area contributed by atoms with E-state index in [9.17, 15) is 24.8 Å². The third kappa shape index (κ3) is 5.12. The third-order valence-electron chi connectivity index (χ3n) is 5.62. The molecule has 0 aliphatic carbocycles. The highest BCUT2D eigenvalue weighted by molar-refractivity contribution is 6.34. The number of fused-ring (bicyclic) bond motifs is 1. The van der Waals surface area contributed by atoms with Gasteiger partial charge >= 0.3 is 5.97 Å². The number of carbonyl (C=O) groups excluding carboxylic acids is 1. The monoisotopic (exact) mass is 489 g/mol. The molecule has 0 saturated carbocycles. The number of carboxylic acid groups (broad SMARTS) is 1. The van der Waals surface area contributed by atoms with Crippen LogP contribution in [-0.4, -0.2) is 32.9 Å². The van der Waals surface area contributed by atoms with Crippen molar-refractivity contribution in [3.8, 4) is 11.3 Å². The van der Waals surface area contributed by atoms with Gasteiger partial charge in [-0.25, -0.2) is 9.78 Å². The Morgan fingerprint density at radius 1 is 1.09 bits per heavy atom. The number of halogens is 1. The van der Waals surface area contributed by atoms with E-state index in [1.165, 1.54) is 6.07 Å². The molecule has 4 rings (SSSR count). The maximum Gasteiger partial charge on any atom is 0.326 e. The van der Waals surface area contributed by atoms with Crippen LogP contribution in [0.4, 0.5) is 5.69 Å². The maximum absolute atomic E-state index is 12.7. The van der Waals surface area contributed by atoms with E-state index in [1.807, 2.05) is 0 Å². The summed E-state index contributed by atoms with van der Waals surface area (Å²) in [5, 5.41) is 24.6. The molecule has 1 amide bonds. The standard InChI is InChI=1S/C26H20ClN3O5/c1-15-5-4-7-19(27)24(15)25(31)29-22(26(32)33)14-16-9-11-20-17(13-16)10-12-21(28-20)18-6-2-3-8-23(18)30(34)35/h2-13,22H,14H2,1H3,(H,29,31)(H,32,33). The highest BCUT2D eigenvalue weighted by Gasteiger charge is 2.23. The van der Waals surface area contributed by atoms with Crippen molar-refractivity contribution in [3.05, 3.63) is 105 Å². The van der Waals surface area contributed by atoms with Gasteiger partial charge in [0.1, 0.15) is 6.04 Å². The molecule has 0 spiro atoms. The van der Waals surface area contributed by atoms with Crippen molar-refractivity contribution in [2.75, 3.05) is 0 Å². The van der Waals surface area contributed by atoms with Gasteiger partial charge in [-0.05, 0) is 48.4 Å². The Morgan fingerprint density at radius 3 is 2.57 bits per heavy atom. The lowest BCUT2D eigenvalue weighted by Crippen LogP contribution is -2.42. The molecular formula is C26H20ClN3O5. The number of benzene rings is 3. The largest absolute Gasteiger partial charge is 0.480 e. The third-order valence-corrected chi connectivity index (χ3v) is 5.94. The number of nitrogens with zero attached hydrogens (tertiary/aromatic N) is 2. The molecule has 0 bridgehead atoms. The van der Waals surface area contributed by atoms with Crippen LogP contribution in [0.2, 0.25) is 5.02 Å². The van der Waals surface area contributed by atoms with Crippen LogP contribution < -0.4 is 5.32 Å². The van der Waals surface area contributed by atoms with E-state index in [4.69, 9.17) is 11.6 Å². The van der Waals surface area contributed by atoms with Crippen molar-refractivity contribution in [2.24, 2.45) is 0 Å². The van der Waals surface area contributed by atoms with E-state index in [2.05, 4.69) is 10.3 Å². The van der Waals surface area contributed by atoms with Gasteiger partial charge in [0.05, 0.1) is 32.3 Å². The fraction of sp³-hybridized carbons (Fsp3) is 0.115. The Labute approximate surface area is 205 Å². The number of hydrogen-bond acceptors (Lipinski definition) is 5. The van der Waals surface area contributed by atoms with Crippen molar-refractivity contribution in [2.45, 2.75) is 19.4 Å². The number of carbonyl (C=O) groups is 2. The van der Waals surface area contributed by atoms with Crippen molar-refractivity contribution in [1.29, 1.82) is 0 Å². The molecule has 0 fully saturated rings. The normalized spacial score (nSPS) is 11.7. The number of nitro groups is 1. The Morgan fingerprint density at radius 2 is 1.86 bits per heavy atom. The molecule has 1 aromatic heterocycles. The lowest BCUT2D eigenvalue weighted by molar-refractivity contribution is -0.384. The van der Waals surface area contributed by atoms with Crippen molar-refractivity contribution in [3.63, 3.8) is 0 Å². The molecule has 9 heteroatoms. The maximum atomic E-state index is 12.7. The Kier molecular flexibility index (Phi) is 6.75. The summed E-state index contributed by atoms with van der Waals surface area (Å²) in [5.74, 6) is -1.73. The predicted molar refractivity (Wildman–Crippen MR) is 133 cm³/mol. The molecule has 3 aromatic carbocycles. The first kappa shape index (κ1) is 23.8. The number of aromatic nitrogens is 1. The molecule has 35 heavy (non-hydrogen) atoms. The van der Waals surface area contributed by atoms with Gasteiger partial charge in [-0.3, -0.25) is 14.9 Å². The van der Waals surface area contributed by atoms with Crippen LogP contribution in [0.1, 0.15) is 21.5 Å². The molecule has 4 aromatic rings. The molecule has 2 N–H and O–H groups in total. The van der Waals surface area contributed by atoms with E-state index < -0.39 is 22.8 Å². The number of rotatable bonds is 7. The van der Waals surface area contributed by atoms with Crippen LogP contribution in [-0.2, 0) is 11.2 Å². The first-order valence-corrected chi connectivity index (χ1v) is 11.0. The summed E-state index contributed by atoms with van der Waals surface area (Å²) in [4.78, 5) is 40.1. The van der Waals surface area contributed by atoms with Gasteiger partial charge in [0.15, 0.2) is 0 Å². The van der Waals surface area contributed by atoms with Crippen LogP contribution in [0.3, 0.4) is 0 Å². The summed E-state index contributed by atoms with van der Waals surface area (Å²) in [6.07, 6.45) is 0.0480. The smallest absolute Gasteiger partial charge is 0.326 e. The Balaban J connectivity index is 1.59. The molecule has 8 nitrogen and oxygen atoms in total. The SMILES string of the molecule is Cc1cccc(Cl)c1C(=O)NC(Cc1ccc2nc(-c3ccccc3[N+](=O)[O-])ccc2c1)C(=O)O. The minimum Gasteiger partial charge on any atom is -0.480 e. The number of aryl methyl sites for hydroxylation is 1. The van der Waals surface area contributed by atoms with Crippen molar-refractivity contribution >= 4 is 40.1 Å². The van der Waals surface area contributed by atoms with Crippen LogP contribution in [0, 0.1) is 17.0 Å². The second-order valence-electron chi connectivity index (χ2n) is 8.00. The van der Waals surface area contributed by atoms with Gasteiger partial charge in [0, 0.05) is 17.9 Å². The zero-order valence-corrected chi connectivity index (χ0v) is 19.3. The number of hydrogen-bond donors (Lipinski definition) is 2. The number of pyridine rings is 1. The van der Waals surface area contributed by atoms with E-state index in [0.717, 1.165) is 5.39 Å². The minimum atomic E-state index is -1.17. The van der Waals surface area contributed by atoms with Crippen LogP contribution >= 0.6 is 11.6 Å². The number of nitrogens with one attached hydrogen (secondary N) is 1. The first-order chi connectivity index (χ1) is 16.7. The van der Waals surface area contributed by atoms with E-state index >= 15 is 0 Å². The highest BCUT2D eigenvalue weighted by Crippen LogP contribution is 2.29. The van der Waals surface area contributed by atoms with Crippen LogP contribution in [0.15, 0.2) is 72.8 Å². The first-order valence-electron chi connectivity index (χ1n) is 10.7. The summed E-state index contributed by atoms with van der Waals surface area (Å²) >= 11 is 6.14. The quantitative estimate of drug-likeness (QED) is 0.272. The lowest BCUT2D eigenvalue weighted by Gasteiger charge is -2.16. The highest BCUT2D eigenvalue weighted by atomic mass is 35.5. The summed E-state index contributed by atoms with van der Waals surface area (Å²) in [7, 11) is 0. The van der Waals surface area contributed by atoms with E-state index in [-0.39, 0.29) is 22.7 Å². The van der Waals surface area contributed by atoms with Crippen molar-refractivity contribution < 1.29 is 19.6 Å². The molecule has 1 unspecified atom stereocenters. The summed E-state index contributed by atoms with van der Waals surface area (Å²) < 4.78 is 0. The van der Waals surface area contributed by atoms with Crippen molar-refractivity contribution in [1.82, 2.24) is 10.3 Å². The van der Waals surface area contributed by atoms with Crippen LogP contribution in [0.5, 0.6) is 0 Å². The molecule has 176 valence electrons. The average Bonchev–Trinajstić information content (AvgIpc) is 2.83. The van der Waals surface area contributed by atoms with Gasteiger partial charge in [-0.1, -0.05) is 48.0 Å². The van der Waals surface area contributed by atoms with E-state index in [1.54, 1.807) is 73.7 Å². The fourth-order valence-electron chi connectivity index (χ4n) is 3.89. The molecule has 1 heterocycles. The second kappa shape index (κ2) is 9.90. The zero-order chi connectivity index (χ0) is 25.1. The van der Waals surface area contributed by atoms with Crippen LogP contribution in [0.25, 0.3) is 22.2 Å². The topological polar surface area (TPSA) is 122 Å². The number of para-hydroxylation sites is 1.